The van der Waals surface area contributed by atoms with Gasteiger partial charge in [-0.25, -0.2) is 15.0 Å². The van der Waals surface area contributed by atoms with Crippen molar-refractivity contribution in [1.82, 2.24) is 34.8 Å². The number of nitrogens with zero attached hydrogens (tertiary/aromatic N) is 6. The maximum Gasteiger partial charge on any atom is 0.236 e. The highest BCUT2D eigenvalue weighted by Gasteiger charge is 2.26. The molecule has 0 saturated carbocycles. The Labute approximate surface area is 179 Å². The van der Waals surface area contributed by atoms with Crippen LogP contribution in [0.25, 0.3) is 17.0 Å². The molecule has 1 atom stereocenters. The van der Waals surface area contributed by atoms with E-state index in [9.17, 15) is 4.79 Å². The molecule has 158 valence electrons. The van der Waals surface area contributed by atoms with Crippen LogP contribution in [0.4, 0.5) is 5.82 Å². The molecule has 0 radical (unpaired) electrons. The Balaban J connectivity index is 1.25. The highest BCUT2D eigenvalue weighted by atomic mass is 16.1. The molecule has 2 N–H and O–H groups in total. The van der Waals surface area contributed by atoms with Crippen molar-refractivity contribution in [3.63, 3.8) is 0 Å². The number of para-hydroxylation sites is 2. The number of anilines is 1. The molecule has 9 heteroatoms. The van der Waals surface area contributed by atoms with Gasteiger partial charge in [-0.15, -0.1) is 0 Å². The minimum absolute atomic E-state index is 0.0150. The predicted octanol–water partition coefficient (Wildman–Crippen LogP) is 2.60. The van der Waals surface area contributed by atoms with Gasteiger partial charge in [0.25, 0.3) is 0 Å². The zero-order chi connectivity index (χ0) is 21.0. The monoisotopic (exact) mass is 416 g/mol. The molecular formula is C22H24N8O. The summed E-state index contributed by atoms with van der Waals surface area (Å²) >= 11 is 0. The van der Waals surface area contributed by atoms with Crippen LogP contribution in [0.5, 0.6) is 0 Å². The van der Waals surface area contributed by atoms with Gasteiger partial charge in [0.15, 0.2) is 0 Å². The molecule has 1 aliphatic heterocycles. The van der Waals surface area contributed by atoms with E-state index in [0.717, 1.165) is 48.5 Å². The number of fused-ring (bicyclic) bond motifs is 1. The van der Waals surface area contributed by atoms with Crippen molar-refractivity contribution in [2.45, 2.75) is 38.3 Å². The van der Waals surface area contributed by atoms with Crippen molar-refractivity contribution in [3.05, 3.63) is 61.1 Å². The first-order valence-electron chi connectivity index (χ1n) is 10.5. The average Bonchev–Trinajstić information content (AvgIpc) is 3.48. The predicted molar refractivity (Wildman–Crippen MR) is 117 cm³/mol. The third-order valence-electron chi connectivity index (χ3n) is 5.60. The number of aromatic nitrogens is 6. The lowest BCUT2D eigenvalue weighted by Gasteiger charge is -2.36. The van der Waals surface area contributed by atoms with Crippen molar-refractivity contribution >= 4 is 22.8 Å². The third kappa shape index (κ3) is 4.25. The van der Waals surface area contributed by atoms with E-state index in [-0.39, 0.29) is 11.9 Å². The number of carbonyl (C=O) groups is 1. The van der Waals surface area contributed by atoms with E-state index in [4.69, 9.17) is 4.98 Å². The molecule has 5 rings (SSSR count). The highest BCUT2D eigenvalue weighted by Crippen LogP contribution is 2.25. The van der Waals surface area contributed by atoms with Gasteiger partial charge >= 0.3 is 0 Å². The van der Waals surface area contributed by atoms with Crippen LogP contribution in [-0.4, -0.2) is 48.0 Å². The molecule has 1 unspecified atom stereocenters. The maximum atomic E-state index is 12.7. The van der Waals surface area contributed by atoms with Crippen molar-refractivity contribution in [2.24, 2.45) is 0 Å². The van der Waals surface area contributed by atoms with Gasteiger partial charge in [-0.1, -0.05) is 12.1 Å². The summed E-state index contributed by atoms with van der Waals surface area (Å²) in [4.78, 5) is 35.8. The Bertz CT molecular complexity index is 1140. The van der Waals surface area contributed by atoms with Crippen LogP contribution < -0.4 is 10.2 Å². The number of H-pyrrole nitrogens is 1. The fraction of sp³-hybridized carbons (Fsp3) is 0.318. The van der Waals surface area contributed by atoms with Crippen molar-refractivity contribution in [2.75, 3.05) is 11.4 Å². The molecule has 0 spiro atoms. The summed E-state index contributed by atoms with van der Waals surface area (Å²) in [5, 5.41) is 3.01. The molecule has 4 heterocycles. The number of nitrogens with one attached hydrogen (secondary N) is 2. The SMILES string of the molecule is O=C(CC1CCCCN1c1ccnc(-n2ccnc2)n1)NCc1nc2ccccc2[nH]1. The number of carbonyl (C=O) groups excluding carboxylic acids is 1. The summed E-state index contributed by atoms with van der Waals surface area (Å²) in [6.07, 6.45) is 10.5. The van der Waals surface area contributed by atoms with Gasteiger partial charge in [0.2, 0.25) is 11.9 Å². The first-order valence-corrected chi connectivity index (χ1v) is 10.5. The van der Waals surface area contributed by atoms with Crippen LogP contribution >= 0.6 is 0 Å². The Kier molecular flexibility index (Phi) is 5.30. The Morgan fingerprint density at radius 2 is 2.10 bits per heavy atom. The van der Waals surface area contributed by atoms with E-state index < -0.39 is 0 Å². The fourth-order valence-electron chi connectivity index (χ4n) is 4.07. The van der Waals surface area contributed by atoms with Gasteiger partial charge in [-0.05, 0) is 37.5 Å². The van der Waals surface area contributed by atoms with E-state index in [2.05, 4.69) is 30.2 Å². The second-order valence-corrected chi connectivity index (χ2v) is 7.71. The van der Waals surface area contributed by atoms with Crippen LogP contribution in [0.15, 0.2) is 55.2 Å². The topological polar surface area (TPSA) is 105 Å². The molecule has 31 heavy (non-hydrogen) atoms. The molecule has 0 bridgehead atoms. The number of imidazole rings is 2. The van der Waals surface area contributed by atoms with E-state index in [1.54, 1.807) is 23.3 Å². The van der Waals surface area contributed by atoms with E-state index in [1.807, 2.05) is 36.5 Å². The standard InChI is InChI=1S/C22H24N8O/c31-21(25-14-19-26-17-6-1-2-7-18(17)27-19)13-16-5-3-4-11-30(16)20-8-9-24-22(28-20)29-12-10-23-15-29/h1-2,6-10,12,15-16H,3-5,11,13-14H2,(H,25,31)(H,26,27). The van der Waals surface area contributed by atoms with E-state index >= 15 is 0 Å². The summed E-state index contributed by atoms with van der Waals surface area (Å²) in [5.74, 6) is 2.19. The van der Waals surface area contributed by atoms with Crippen LogP contribution in [-0.2, 0) is 11.3 Å². The largest absolute Gasteiger partial charge is 0.353 e. The van der Waals surface area contributed by atoms with Gasteiger partial charge in [0, 0.05) is 37.6 Å². The fourth-order valence-corrected chi connectivity index (χ4v) is 4.07. The van der Waals surface area contributed by atoms with E-state index in [0.29, 0.717) is 18.9 Å². The number of rotatable bonds is 6. The molecule has 1 aliphatic rings. The lowest BCUT2D eigenvalue weighted by Crippen LogP contribution is -2.43. The molecule has 4 aromatic rings. The van der Waals surface area contributed by atoms with Gasteiger partial charge in [0.05, 0.1) is 17.6 Å². The highest BCUT2D eigenvalue weighted by molar-refractivity contribution is 5.78. The Morgan fingerprint density at radius 3 is 2.97 bits per heavy atom. The molecular weight excluding hydrogens is 392 g/mol. The summed E-state index contributed by atoms with van der Waals surface area (Å²) in [5.41, 5.74) is 1.88. The number of aromatic amines is 1. The molecule has 1 saturated heterocycles. The lowest BCUT2D eigenvalue weighted by molar-refractivity contribution is -0.121. The molecule has 1 amide bonds. The van der Waals surface area contributed by atoms with Gasteiger partial charge in [0.1, 0.15) is 18.0 Å². The molecule has 1 fully saturated rings. The van der Waals surface area contributed by atoms with Gasteiger partial charge in [-0.3, -0.25) is 9.36 Å². The van der Waals surface area contributed by atoms with Gasteiger partial charge in [-0.2, -0.15) is 4.98 Å². The number of hydrogen-bond donors (Lipinski definition) is 2. The number of benzene rings is 1. The summed E-state index contributed by atoms with van der Waals surface area (Å²) in [7, 11) is 0. The first-order chi connectivity index (χ1) is 15.3. The average molecular weight is 416 g/mol. The number of amides is 1. The van der Waals surface area contributed by atoms with Crippen LogP contribution in [0.3, 0.4) is 0 Å². The summed E-state index contributed by atoms with van der Waals surface area (Å²) in [6, 6.07) is 9.87. The minimum atomic E-state index is 0.0150. The van der Waals surface area contributed by atoms with Crippen LogP contribution in [0.2, 0.25) is 0 Å². The van der Waals surface area contributed by atoms with Crippen molar-refractivity contribution in [1.29, 1.82) is 0 Å². The zero-order valence-corrected chi connectivity index (χ0v) is 17.1. The zero-order valence-electron chi connectivity index (χ0n) is 17.1. The second-order valence-electron chi connectivity index (χ2n) is 7.71. The maximum absolute atomic E-state index is 12.7. The van der Waals surface area contributed by atoms with Crippen LogP contribution in [0.1, 0.15) is 31.5 Å². The third-order valence-corrected chi connectivity index (χ3v) is 5.60. The number of hydrogen-bond acceptors (Lipinski definition) is 6. The molecule has 3 aromatic heterocycles. The Morgan fingerprint density at radius 1 is 1.16 bits per heavy atom. The Hall–Kier alpha value is -3.75. The summed E-state index contributed by atoms with van der Waals surface area (Å²) < 4.78 is 1.78. The van der Waals surface area contributed by atoms with Crippen molar-refractivity contribution < 1.29 is 4.79 Å². The van der Waals surface area contributed by atoms with E-state index in [1.165, 1.54) is 0 Å². The first kappa shape index (κ1) is 19.2. The van der Waals surface area contributed by atoms with Gasteiger partial charge < -0.3 is 15.2 Å². The second kappa shape index (κ2) is 8.55. The molecule has 1 aromatic carbocycles. The smallest absolute Gasteiger partial charge is 0.236 e. The van der Waals surface area contributed by atoms with Crippen LogP contribution in [0, 0.1) is 0 Å². The van der Waals surface area contributed by atoms with Crippen molar-refractivity contribution in [3.8, 4) is 5.95 Å². The summed E-state index contributed by atoms with van der Waals surface area (Å²) in [6.45, 7) is 1.26. The normalized spacial score (nSPS) is 16.5. The molecule has 9 nitrogen and oxygen atoms in total. The minimum Gasteiger partial charge on any atom is -0.353 e. The lowest BCUT2D eigenvalue weighted by atomic mass is 9.99. The quantitative estimate of drug-likeness (QED) is 0.501. The molecule has 0 aliphatic carbocycles. The number of piperidine rings is 1.